The topological polar surface area (TPSA) is 87.7 Å². The van der Waals surface area contributed by atoms with Crippen LogP contribution in [-0.4, -0.2) is 42.0 Å². The second-order valence-electron chi connectivity index (χ2n) is 7.96. The molecule has 0 spiro atoms. The van der Waals surface area contributed by atoms with E-state index in [9.17, 15) is 14.4 Å². The highest BCUT2D eigenvalue weighted by Crippen LogP contribution is 2.35. The molecule has 0 aliphatic carbocycles. The van der Waals surface area contributed by atoms with Crippen LogP contribution in [0.1, 0.15) is 39.2 Å². The van der Waals surface area contributed by atoms with E-state index < -0.39 is 17.6 Å². The lowest BCUT2D eigenvalue weighted by Gasteiger charge is -2.36. The number of hydrogen-bond acceptors (Lipinski definition) is 6. The monoisotopic (exact) mass is 437 g/mol. The lowest BCUT2D eigenvalue weighted by atomic mass is 10.0. The van der Waals surface area contributed by atoms with Crippen molar-refractivity contribution in [1.29, 1.82) is 0 Å². The van der Waals surface area contributed by atoms with Crippen molar-refractivity contribution in [3.05, 3.63) is 33.7 Å². The Kier molecular flexibility index (Phi) is 6.43. The average molecular weight is 438 g/mol. The molecule has 1 aromatic carbocycles. The van der Waals surface area contributed by atoms with Crippen LogP contribution < -0.4 is 15.5 Å². The molecule has 2 N–H and O–H groups in total. The number of carbonyl (C=O) groups is 3. The van der Waals surface area contributed by atoms with Gasteiger partial charge in [0.15, 0.2) is 0 Å². The lowest BCUT2D eigenvalue weighted by molar-refractivity contribution is -0.115. The molecule has 9 heteroatoms. The Labute approximate surface area is 179 Å². The summed E-state index contributed by atoms with van der Waals surface area (Å²) in [5.74, 6) is -0.408. The Balaban J connectivity index is 1.79. The number of rotatable bonds is 3. The number of carbonyl (C=O) groups excluding carboxylic acids is 3. The number of nitrogens with zero attached hydrogens (tertiary/aromatic N) is 1. The van der Waals surface area contributed by atoms with E-state index in [2.05, 4.69) is 15.5 Å². The van der Waals surface area contributed by atoms with E-state index in [-0.39, 0.29) is 11.3 Å². The number of piperidine rings is 1. The molecule has 7 nitrogen and oxygen atoms in total. The summed E-state index contributed by atoms with van der Waals surface area (Å²) < 4.78 is 5.36. The van der Waals surface area contributed by atoms with E-state index >= 15 is 0 Å². The molecule has 3 amide bonds. The van der Waals surface area contributed by atoms with Gasteiger partial charge in [0.25, 0.3) is 11.1 Å². The van der Waals surface area contributed by atoms with E-state index in [1.807, 2.05) is 26.8 Å². The predicted octanol–water partition coefficient (Wildman–Crippen LogP) is 4.16. The van der Waals surface area contributed by atoms with Crippen LogP contribution in [0, 0.1) is 0 Å². The van der Waals surface area contributed by atoms with Crippen LogP contribution in [0.25, 0.3) is 6.08 Å². The maximum atomic E-state index is 12.1. The maximum Gasteiger partial charge on any atom is 0.407 e. The van der Waals surface area contributed by atoms with Crippen LogP contribution in [0.2, 0.25) is 5.02 Å². The van der Waals surface area contributed by atoms with E-state index in [4.69, 9.17) is 16.3 Å². The predicted molar refractivity (Wildman–Crippen MR) is 115 cm³/mol. The normalized spacial score (nSPS) is 21.3. The fraction of sp³-hybridized carbons (Fsp3) is 0.450. The molecule has 0 bridgehead atoms. The van der Waals surface area contributed by atoms with Gasteiger partial charge in [-0.05, 0) is 57.5 Å². The van der Waals surface area contributed by atoms with Gasteiger partial charge in [-0.3, -0.25) is 14.9 Å². The summed E-state index contributed by atoms with van der Waals surface area (Å²) in [6, 6.07) is 5.37. The molecular weight excluding hydrogens is 414 g/mol. The van der Waals surface area contributed by atoms with Gasteiger partial charge in [-0.1, -0.05) is 23.7 Å². The molecule has 1 aromatic rings. The first-order chi connectivity index (χ1) is 13.6. The third-order valence-corrected chi connectivity index (χ3v) is 5.52. The van der Waals surface area contributed by atoms with E-state index in [1.165, 1.54) is 0 Å². The standard InChI is InChI=1S/C20H24ClN3O4S/c1-20(2,3)28-18(26)22-13-7-5-9-24(11-13)16-12(6-4-8-14(16)21)10-15-17(25)23-19(27)29-15/h4,6,8,10,13H,5,7,9,11H2,1-3H3,(H,22,26)(H,23,25,27)/t13-/m1/s1. The number of nitrogens with one attached hydrogen (secondary N) is 2. The summed E-state index contributed by atoms with van der Waals surface area (Å²) in [5, 5.41) is 5.35. The number of anilines is 1. The summed E-state index contributed by atoms with van der Waals surface area (Å²) in [4.78, 5) is 37.9. The highest BCUT2D eigenvalue weighted by molar-refractivity contribution is 8.18. The number of amides is 3. The van der Waals surface area contributed by atoms with Gasteiger partial charge in [0.1, 0.15) is 5.60 Å². The lowest BCUT2D eigenvalue weighted by Crippen LogP contribution is -2.49. The Morgan fingerprint density at radius 3 is 2.79 bits per heavy atom. The van der Waals surface area contributed by atoms with Crippen LogP contribution >= 0.6 is 23.4 Å². The molecule has 156 valence electrons. The van der Waals surface area contributed by atoms with E-state index in [1.54, 1.807) is 18.2 Å². The Hall–Kier alpha value is -2.19. The first kappa shape index (κ1) is 21.5. The number of ether oxygens (including phenoxy) is 1. The van der Waals surface area contributed by atoms with Gasteiger partial charge in [0, 0.05) is 24.7 Å². The number of para-hydroxylation sites is 1. The van der Waals surface area contributed by atoms with Crippen LogP contribution in [-0.2, 0) is 9.53 Å². The fourth-order valence-corrected chi connectivity index (χ4v) is 4.29. The molecule has 2 aliphatic rings. The maximum absolute atomic E-state index is 12.1. The van der Waals surface area contributed by atoms with Crippen molar-refractivity contribution in [1.82, 2.24) is 10.6 Å². The smallest absolute Gasteiger partial charge is 0.407 e. The van der Waals surface area contributed by atoms with Gasteiger partial charge in [-0.15, -0.1) is 0 Å². The number of thioether (sulfide) groups is 1. The zero-order chi connectivity index (χ0) is 21.2. The summed E-state index contributed by atoms with van der Waals surface area (Å²) in [5.41, 5.74) is 0.977. The number of benzene rings is 1. The highest BCUT2D eigenvalue weighted by Gasteiger charge is 2.28. The molecule has 2 saturated heterocycles. The third-order valence-electron chi connectivity index (χ3n) is 4.41. The fourth-order valence-electron chi connectivity index (χ4n) is 3.32. The van der Waals surface area contributed by atoms with Crippen LogP contribution in [0.4, 0.5) is 15.3 Å². The number of alkyl carbamates (subject to hydrolysis) is 1. The summed E-state index contributed by atoms with van der Waals surface area (Å²) in [7, 11) is 0. The molecule has 3 rings (SSSR count). The Morgan fingerprint density at radius 1 is 1.38 bits per heavy atom. The van der Waals surface area contributed by atoms with Crippen molar-refractivity contribution in [2.45, 2.75) is 45.3 Å². The number of hydrogen-bond donors (Lipinski definition) is 2. The first-order valence-corrected chi connectivity index (χ1v) is 10.6. The van der Waals surface area contributed by atoms with Crippen molar-refractivity contribution in [3.63, 3.8) is 0 Å². The SMILES string of the molecule is CC(C)(C)OC(=O)N[C@@H]1CCCN(c2c(Cl)cccc2C=C2SC(=O)NC2=O)C1. The average Bonchev–Trinajstić information content (AvgIpc) is 2.90. The van der Waals surface area contributed by atoms with Gasteiger partial charge in [0.2, 0.25) is 0 Å². The second-order valence-corrected chi connectivity index (χ2v) is 9.38. The van der Waals surface area contributed by atoms with Crippen LogP contribution in [0.3, 0.4) is 0 Å². The number of imide groups is 1. The zero-order valence-corrected chi connectivity index (χ0v) is 18.2. The van der Waals surface area contributed by atoms with Crippen molar-refractivity contribution in [2.24, 2.45) is 0 Å². The summed E-state index contributed by atoms with van der Waals surface area (Å²) >= 11 is 7.37. The van der Waals surface area contributed by atoms with E-state index in [0.717, 1.165) is 42.4 Å². The molecule has 0 radical (unpaired) electrons. The minimum absolute atomic E-state index is 0.0823. The van der Waals surface area contributed by atoms with Gasteiger partial charge < -0.3 is 15.0 Å². The molecule has 0 saturated carbocycles. The van der Waals surface area contributed by atoms with Crippen molar-refractivity contribution in [2.75, 3.05) is 18.0 Å². The molecule has 2 heterocycles. The molecular formula is C20H24ClN3O4S. The van der Waals surface area contributed by atoms with Crippen molar-refractivity contribution in [3.8, 4) is 0 Å². The molecule has 0 aromatic heterocycles. The quantitative estimate of drug-likeness (QED) is 0.690. The second kappa shape index (κ2) is 8.67. The first-order valence-electron chi connectivity index (χ1n) is 9.40. The number of halogens is 1. The molecule has 2 aliphatic heterocycles. The summed E-state index contributed by atoms with van der Waals surface area (Å²) in [6.07, 6.45) is 2.94. The Morgan fingerprint density at radius 2 is 2.14 bits per heavy atom. The van der Waals surface area contributed by atoms with Gasteiger partial charge in [-0.2, -0.15) is 0 Å². The summed E-state index contributed by atoms with van der Waals surface area (Å²) in [6.45, 7) is 6.81. The highest BCUT2D eigenvalue weighted by atomic mass is 35.5. The zero-order valence-electron chi connectivity index (χ0n) is 16.6. The molecule has 29 heavy (non-hydrogen) atoms. The van der Waals surface area contributed by atoms with Crippen molar-refractivity contribution >= 4 is 52.4 Å². The van der Waals surface area contributed by atoms with E-state index in [0.29, 0.717) is 16.5 Å². The minimum atomic E-state index is -0.558. The Bertz CT molecular complexity index is 866. The van der Waals surface area contributed by atoms with Gasteiger partial charge >= 0.3 is 6.09 Å². The third kappa shape index (κ3) is 5.67. The molecule has 0 unspecified atom stereocenters. The van der Waals surface area contributed by atoms with Crippen LogP contribution in [0.15, 0.2) is 23.1 Å². The van der Waals surface area contributed by atoms with Gasteiger partial charge in [-0.25, -0.2) is 4.79 Å². The van der Waals surface area contributed by atoms with Crippen molar-refractivity contribution < 1.29 is 19.1 Å². The van der Waals surface area contributed by atoms with Crippen LogP contribution in [0.5, 0.6) is 0 Å². The minimum Gasteiger partial charge on any atom is -0.444 e. The largest absolute Gasteiger partial charge is 0.444 e. The molecule has 1 atom stereocenters. The molecule has 2 fully saturated rings. The van der Waals surface area contributed by atoms with Gasteiger partial charge in [0.05, 0.1) is 15.6 Å².